The van der Waals surface area contributed by atoms with Crippen molar-refractivity contribution in [2.75, 3.05) is 13.1 Å². The summed E-state index contributed by atoms with van der Waals surface area (Å²) < 4.78 is 49.9. The zero-order valence-corrected chi connectivity index (χ0v) is 12.4. The lowest BCUT2D eigenvalue weighted by atomic mass is 9.98. The summed E-state index contributed by atoms with van der Waals surface area (Å²) in [6, 6.07) is 5.06. The van der Waals surface area contributed by atoms with Gasteiger partial charge < -0.3 is 4.90 Å². The molecule has 1 fully saturated rings. The maximum atomic E-state index is 13.5. The number of amides is 1. The summed E-state index contributed by atoms with van der Waals surface area (Å²) in [6.45, 7) is 2.62. The number of benzene rings is 1. The summed E-state index contributed by atoms with van der Waals surface area (Å²) in [5.74, 6) is -0.527. The molecule has 1 saturated heterocycles. The number of rotatable bonds is 4. The summed E-state index contributed by atoms with van der Waals surface area (Å²) in [5.41, 5.74) is 1.44. The molecule has 0 bridgehead atoms. The Morgan fingerprint density at radius 1 is 1.36 bits per heavy atom. The van der Waals surface area contributed by atoms with E-state index in [2.05, 4.69) is 0 Å². The summed E-state index contributed by atoms with van der Waals surface area (Å²) >= 11 is 0. The number of carbonyl (C=O) groups excluding carboxylic acids is 1. The monoisotopic (exact) mass is 317 g/mol. The zero-order chi connectivity index (χ0) is 16.3. The van der Waals surface area contributed by atoms with Crippen LogP contribution in [0.2, 0.25) is 0 Å². The second-order valence-electron chi connectivity index (χ2n) is 5.90. The first-order chi connectivity index (χ1) is 10.2. The summed E-state index contributed by atoms with van der Waals surface area (Å²) in [7, 11) is 0. The van der Waals surface area contributed by atoms with Gasteiger partial charge in [0, 0.05) is 19.5 Å². The molecule has 1 amide bonds. The summed E-state index contributed by atoms with van der Waals surface area (Å²) in [6.07, 6.45) is -4.48. The number of likely N-dealkylation sites (tertiary alicyclic amines) is 1. The van der Waals surface area contributed by atoms with Crippen molar-refractivity contribution in [3.8, 4) is 0 Å². The molecule has 1 aromatic rings. The summed E-state index contributed by atoms with van der Waals surface area (Å²) in [5, 5.41) is 0. The lowest BCUT2D eigenvalue weighted by molar-refractivity contribution is -0.148. The van der Waals surface area contributed by atoms with Crippen LogP contribution in [0, 0.1) is 18.7 Å². The Labute approximate surface area is 127 Å². The summed E-state index contributed by atoms with van der Waals surface area (Å²) in [4.78, 5) is 13.2. The van der Waals surface area contributed by atoms with Crippen LogP contribution in [0.3, 0.4) is 0 Å². The van der Waals surface area contributed by atoms with Gasteiger partial charge in [-0.25, -0.2) is 4.39 Å². The van der Waals surface area contributed by atoms with Crippen molar-refractivity contribution in [1.82, 2.24) is 4.90 Å². The molecule has 0 radical (unpaired) electrons. The van der Waals surface area contributed by atoms with Gasteiger partial charge >= 0.3 is 6.18 Å². The highest BCUT2D eigenvalue weighted by molar-refractivity contribution is 5.76. The number of alkyl halides is 3. The van der Waals surface area contributed by atoms with Crippen molar-refractivity contribution in [3.63, 3.8) is 0 Å². The van der Waals surface area contributed by atoms with Gasteiger partial charge in [0.1, 0.15) is 5.82 Å². The van der Waals surface area contributed by atoms with Crippen LogP contribution in [0.4, 0.5) is 17.6 Å². The van der Waals surface area contributed by atoms with E-state index in [1.807, 2.05) is 6.07 Å². The van der Waals surface area contributed by atoms with Gasteiger partial charge in [-0.3, -0.25) is 4.79 Å². The molecule has 1 aliphatic heterocycles. The molecule has 0 spiro atoms. The molecule has 22 heavy (non-hydrogen) atoms. The predicted molar refractivity (Wildman–Crippen MR) is 74.8 cm³/mol. The molecule has 1 atom stereocenters. The highest BCUT2D eigenvalue weighted by Gasteiger charge is 2.31. The van der Waals surface area contributed by atoms with Crippen LogP contribution in [-0.4, -0.2) is 30.1 Å². The van der Waals surface area contributed by atoms with E-state index in [1.165, 1.54) is 11.0 Å². The first-order valence-corrected chi connectivity index (χ1v) is 7.34. The van der Waals surface area contributed by atoms with Gasteiger partial charge in [-0.2, -0.15) is 13.2 Å². The maximum Gasteiger partial charge on any atom is 0.389 e. The van der Waals surface area contributed by atoms with Crippen molar-refractivity contribution >= 4 is 5.91 Å². The van der Waals surface area contributed by atoms with Crippen molar-refractivity contribution in [2.45, 2.75) is 38.8 Å². The van der Waals surface area contributed by atoms with Gasteiger partial charge in [0.05, 0.1) is 6.42 Å². The van der Waals surface area contributed by atoms with E-state index in [4.69, 9.17) is 0 Å². The van der Waals surface area contributed by atoms with Crippen molar-refractivity contribution in [1.29, 1.82) is 0 Å². The van der Waals surface area contributed by atoms with Crippen LogP contribution in [0.15, 0.2) is 18.2 Å². The third-order valence-electron chi connectivity index (χ3n) is 4.02. The maximum absolute atomic E-state index is 13.5. The number of hydrogen-bond donors (Lipinski definition) is 0. The van der Waals surface area contributed by atoms with Gasteiger partial charge in [0.15, 0.2) is 0 Å². The largest absolute Gasteiger partial charge is 0.389 e. The van der Waals surface area contributed by atoms with Crippen LogP contribution in [0.25, 0.3) is 0 Å². The first-order valence-electron chi connectivity index (χ1n) is 7.34. The van der Waals surface area contributed by atoms with Crippen LogP contribution in [0.1, 0.15) is 30.4 Å². The predicted octanol–water partition coefficient (Wildman–Crippen LogP) is 3.87. The van der Waals surface area contributed by atoms with Crippen molar-refractivity contribution in [2.24, 2.45) is 5.92 Å². The molecule has 1 aliphatic rings. The Bertz CT molecular complexity index is 541. The number of halogens is 4. The van der Waals surface area contributed by atoms with Crippen LogP contribution in [0.5, 0.6) is 0 Å². The molecule has 0 N–H and O–H groups in total. The molecule has 122 valence electrons. The van der Waals surface area contributed by atoms with Crippen LogP contribution in [-0.2, 0) is 11.2 Å². The minimum Gasteiger partial charge on any atom is -0.342 e. The molecular weight excluding hydrogens is 298 g/mol. The quantitative estimate of drug-likeness (QED) is 0.772. The SMILES string of the molecule is Cc1ccc(CC2CCN(C(=O)CCC(F)(F)F)C2)cc1F. The van der Waals surface area contributed by atoms with Crippen LogP contribution < -0.4 is 0 Å². The van der Waals surface area contributed by atoms with E-state index >= 15 is 0 Å². The molecule has 2 rings (SSSR count). The Morgan fingerprint density at radius 3 is 2.73 bits per heavy atom. The highest BCUT2D eigenvalue weighted by Crippen LogP contribution is 2.25. The van der Waals surface area contributed by atoms with Gasteiger partial charge in [-0.05, 0) is 42.9 Å². The zero-order valence-electron chi connectivity index (χ0n) is 12.4. The standard InChI is InChI=1S/C16H19F4NO/c1-11-2-3-12(9-14(11)17)8-13-5-7-21(10-13)15(22)4-6-16(18,19)20/h2-3,9,13H,4-8,10H2,1H3. The van der Waals surface area contributed by atoms with E-state index in [0.717, 1.165) is 12.0 Å². The molecule has 0 aliphatic carbocycles. The average Bonchev–Trinajstić information content (AvgIpc) is 2.88. The normalized spacial score (nSPS) is 18.8. The number of carbonyl (C=O) groups is 1. The lowest BCUT2D eigenvalue weighted by Gasteiger charge is -2.17. The lowest BCUT2D eigenvalue weighted by Crippen LogP contribution is -2.29. The van der Waals surface area contributed by atoms with E-state index in [1.54, 1.807) is 13.0 Å². The minimum atomic E-state index is -4.30. The fourth-order valence-corrected chi connectivity index (χ4v) is 2.73. The fourth-order valence-electron chi connectivity index (χ4n) is 2.73. The van der Waals surface area contributed by atoms with Crippen molar-refractivity contribution in [3.05, 3.63) is 35.1 Å². The van der Waals surface area contributed by atoms with E-state index < -0.39 is 24.9 Å². The Hall–Kier alpha value is -1.59. The minimum absolute atomic E-state index is 0.178. The topological polar surface area (TPSA) is 20.3 Å². The highest BCUT2D eigenvalue weighted by atomic mass is 19.4. The molecule has 1 unspecified atom stereocenters. The number of hydrogen-bond acceptors (Lipinski definition) is 1. The molecule has 0 aromatic heterocycles. The van der Waals surface area contributed by atoms with E-state index in [0.29, 0.717) is 25.1 Å². The Kier molecular flexibility index (Phi) is 5.08. The number of aryl methyl sites for hydroxylation is 1. The molecule has 6 heteroatoms. The molecular formula is C16H19F4NO. The van der Waals surface area contributed by atoms with Crippen LogP contribution >= 0.6 is 0 Å². The van der Waals surface area contributed by atoms with E-state index in [9.17, 15) is 22.4 Å². The Balaban J connectivity index is 1.84. The van der Waals surface area contributed by atoms with E-state index in [-0.39, 0.29) is 11.7 Å². The van der Waals surface area contributed by atoms with Gasteiger partial charge in [0.25, 0.3) is 0 Å². The van der Waals surface area contributed by atoms with Gasteiger partial charge in [-0.1, -0.05) is 12.1 Å². The molecule has 2 nitrogen and oxygen atoms in total. The second-order valence-corrected chi connectivity index (χ2v) is 5.90. The second kappa shape index (κ2) is 6.67. The third-order valence-corrected chi connectivity index (χ3v) is 4.02. The first kappa shape index (κ1) is 16.8. The fraction of sp³-hybridized carbons (Fsp3) is 0.562. The molecule has 0 saturated carbocycles. The molecule has 1 heterocycles. The number of nitrogens with zero attached hydrogens (tertiary/aromatic N) is 1. The Morgan fingerprint density at radius 2 is 2.09 bits per heavy atom. The molecule has 1 aromatic carbocycles. The van der Waals surface area contributed by atoms with Gasteiger partial charge in [-0.15, -0.1) is 0 Å². The third kappa shape index (κ3) is 4.71. The van der Waals surface area contributed by atoms with Crippen molar-refractivity contribution < 1.29 is 22.4 Å². The average molecular weight is 317 g/mol. The van der Waals surface area contributed by atoms with Gasteiger partial charge in [0.2, 0.25) is 5.91 Å². The smallest absolute Gasteiger partial charge is 0.342 e.